The molecule has 2 aromatic carbocycles. The predicted molar refractivity (Wildman–Crippen MR) is 78.3 cm³/mol. The van der Waals surface area contributed by atoms with Crippen LogP contribution in [0.4, 0.5) is 5.69 Å². The smallest absolute Gasteiger partial charge is 0.258 e. The molecule has 104 valence electrons. The average Bonchev–Trinajstić information content (AvgIpc) is 2.44. The van der Waals surface area contributed by atoms with Crippen molar-refractivity contribution in [3.05, 3.63) is 53.6 Å². The van der Waals surface area contributed by atoms with Crippen molar-refractivity contribution in [2.45, 2.75) is 13.8 Å². The van der Waals surface area contributed by atoms with E-state index in [0.29, 0.717) is 12.1 Å². The van der Waals surface area contributed by atoms with Crippen LogP contribution in [0.25, 0.3) is 0 Å². The van der Waals surface area contributed by atoms with Crippen molar-refractivity contribution in [2.75, 3.05) is 11.4 Å². The second kappa shape index (κ2) is 5.65. The van der Waals surface area contributed by atoms with Crippen LogP contribution in [0, 0.1) is 6.92 Å². The zero-order chi connectivity index (χ0) is 14.7. The second-order valence-corrected chi connectivity index (χ2v) is 4.59. The molecular formula is C16H17NO3. The molecule has 4 nitrogen and oxygen atoms in total. The number of anilines is 1. The summed E-state index contributed by atoms with van der Waals surface area (Å²) in [5, 5.41) is 18.8. The highest BCUT2D eigenvalue weighted by atomic mass is 16.3. The Balaban J connectivity index is 2.33. The highest BCUT2D eigenvalue weighted by Crippen LogP contribution is 2.26. The van der Waals surface area contributed by atoms with Gasteiger partial charge in [-0.1, -0.05) is 17.7 Å². The quantitative estimate of drug-likeness (QED) is 0.843. The molecule has 2 aromatic rings. The molecule has 2 N–H and O–H groups in total. The second-order valence-electron chi connectivity index (χ2n) is 4.59. The largest absolute Gasteiger partial charge is 0.504 e. The molecule has 0 unspecified atom stereocenters. The topological polar surface area (TPSA) is 60.8 Å². The minimum absolute atomic E-state index is 0.216. The van der Waals surface area contributed by atoms with Gasteiger partial charge in [0.1, 0.15) is 0 Å². The maximum Gasteiger partial charge on any atom is 0.258 e. The summed E-state index contributed by atoms with van der Waals surface area (Å²) in [5.41, 5.74) is 2.26. The number of aromatic hydroxyl groups is 2. The molecule has 0 aliphatic rings. The van der Waals surface area contributed by atoms with Crippen molar-refractivity contribution in [3.8, 4) is 11.5 Å². The first kappa shape index (κ1) is 13.9. The van der Waals surface area contributed by atoms with E-state index in [4.69, 9.17) is 0 Å². The number of aryl methyl sites for hydroxylation is 1. The van der Waals surface area contributed by atoms with Crippen LogP contribution < -0.4 is 4.90 Å². The number of hydrogen-bond donors (Lipinski definition) is 2. The Morgan fingerprint density at radius 3 is 2.25 bits per heavy atom. The maximum atomic E-state index is 12.5. The average molecular weight is 271 g/mol. The summed E-state index contributed by atoms with van der Waals surface area (Å²) in [6.07, 6.45) is 0. The molecule has 0 atom stereocenters. The van der Waals surface area contributed by atoms with Crippen molar-refractivity contribution in [1.29, 1.82) is 0 Å². The van der Waals surface area contributed by atoms with E-state index in [1.54, 1.807) is 4.90 Å². The van der Waals surface area contributed by atoms with Crippen LogP contribution in [0.5, 0.6) is 11.5 Å². The molecule has 0 aromatic heterocycles. The van der Waals surface area contributed by atoms with Gasteiger partial charge >= 0.3 is 0 Å². The van der Waals surface area contributed by atoms with E-state index in [9.17, 15) is 15.0 Å². The van der Waals surface area contributed by atoms with Crippen LogP contribution >= 0.6 is 0 Å². The van der Waals surface area contributed by atoms with Crippen LogP contribution in [0.2, 0.25) is 0 Å². The van der Waals surface area contributed by atoms with E-state index in [1.165, 1.54) is 18.2 Å². The lowest BCUT2D eigenvalue weighted by molar-refractivity contribution is 0.0988. The van der Waals surface area contributed by atoms with E-state index in [1.807, 2.05) is 38.1 Å². The summed E-state index contributed by atoms with van der Waals surface area (Å²) >= 11 is 0. The predicted octanol–water partition coefficient (Wildman–Crippen LogP) is 3.07. The van der Waals surface area contributed by atoms with Gasteiger partial charge in [-0.05, 0) is 44.2 Å². The van der Waals surface area contributed by atoms with Gasteiger partial charge in [0, 0.05) is 17.8 Å². The summed E-state index contributed by atoms with van der Waals surface area (Å²) in [4.78, 5) is 14.1. The fraction of sp³-hybridized carbons (Fsp3) is 0.188. The minimum Gasteiger partial charge on any atom is -0.504 e. The number of nitrogens with zero attached hydrogens (tertiary/aromatic N) is 1. The van der Waals surface area contributed by atoms with Crippen molar-refractivity contribution in [1.82, 2.24) is 0 Å². The molecule has 2 rings (SSSR count). The van der Waals surface area contributed by atoms with Gasteiger partial charge in [0.2, 0.25) is 0 Å². The van der Waals surface area contributed by atoms with Crippen LogP contribution in [-0.2, 0) is 0 Å². The summed E-state index contributed by atoms with van der Waals surface area (Å²) in [7, 11) is 0. The zero-order valence-corrected chi connectivity index (χ0v) is 11.5. The molecular weight excluding hydrogens is 254 g/mol. The monoisotopic (exact) mass is 271 g/mol. The molecule has 0 spiro atoms. The first-order chi connectivity index (χ1) is 9.52. The van der Waals surface area contributed by atoms with Crippen LogP contribution in [-0.4, -0.2) is 22.7 Å². The van der Waals surface area contributed by atoms with E-state index in [0.717, 1.165) is 11.3 Å². The zero-order valence-electron chi connectivity index (χ0n) is 11.5. The molecule has 4 heteroatoms. The number of carbonyl (C=O) groups excluding carboxylic acids is 1. The van der Waals surface area contributed by atoms with Gasteiger partial charge in [-0.2, -0.15) is 0 Å². The van der Waals surface area contributed by atoms with Gasteiger partial charge < -0.3 is 15.1 Å². The van der Waals surface area contributed by atoms with Crippen molar-refractivity contribution >= 4 is 11.6 Å². The molecule has 0 saturated carbocycles. The van der Waals surface area contributed by atoms with Gasteiger partial charge in [-0.15, -0.1) is 0 Å². The van der Waals surface area contributed by atoms with E-state index < -0.39 is 0 Å². The standard InChI is InChI=1S/C16H17NO3/c1-3-17(13-7-4-11(2)5-8-13)16(20)12-6-9-14(18)15(19)10-12/h4-10,18-19H,3H2,1-2H3. The summed E-state index contributed by atoms with van der Waals surface area (Å²) in [6, 6.07) is 11.7. The van der Waals surface area contributed by atoms with Crippen LogP contribution in [0.1, 0.15) is 22.8 Å². The Labute approximate surface area is 117 Å². The molecule has 0 heterocycles. The number of carbonyl (C=O) groups is 1. The number of amides is 1. The molecule has 0 aliphatic carbocycles. The summed E-state index contributed by atoms with van der Waals surface area (Å²) < 4.78 is 0. The molecule has 0 bridgehead atoms. The highest BCUT2D eigenvalue weighted by molar-refractivity contribution is 6.06. The first-order valence-electron chi connectivity index (χ1n) is 6.43. The van der Waals surface area contributed by atoms with E-state index >= 15 is 0 Å². The van der Waals surface area contributed by atoms with Crippen molar-refractivity contribution in [3.63, 3.8) is 0 Å². The number of phenolic OH excluding ortho intramolecular Hbond substituents is 2. The summed E-state index contributed by atoms with van der Waals surface area (Å²) in [5.74, 6) is -0.748. The molecule has 20 heavy (non-hydrogen) atoms. The third kappa shape index (κ3) is 2.74. The van der Waals surface area contributed by atoms with Crippen LogP contribution in [0.3, 0.4) is 0 Å². The van der Waals surface area contributed by atoms with E-state index in [-0.39, 0.29) is 17.4 Å². The number of phenols is 2. The van der Waals surface area contributed by atoms with Gasteiger partial charge in [0.25, 0.3) is 5.91 Å². The highest BCUT2D eigenvalue weighted by Gasteiger charge is 2.17. The SMILES string of the molecule is CCN(C(=O)c1ccc(O)c(O)c1)c1ccc(C)cc1. The molecule has 1 amide bonds. The fourth-order valence-electron chi connectivity index (χ4n) is 1.98. The third-order valence-corrected chi connectivity index (χ3v) is 3.13. The lowest BCUT2D eigenvalue weighted by Crippen LogP contribution is -2.30. The third-order valence-electron chi connectivity index (χ3n) is 3.13. The lowest BCUT2D eigenvalue weighted by Gasteiger charge is -2.21. The minimum atomic E-state index is -0.296. The molecule has 0 aliphatic heterocycles. The van der Waals surface area contributed by atoms with E-state index in [2.05, 4.69) is 0 Å². The Hall–Kier alpha value is -2.49. The van der Waals surface area contributed by atoms with Gasteiger partial charge in [-0.3, -0.25) is 4.79 Å². The maximum absolute atomic E-state index is 12.5. The lowest BCUT2D eigenvalue weighted by atomic mass is 10.1. The molecule has 0 saturated heterocycles. The van der Waals surface area contributed by atoms with Gasteiger partial charge in [0.05, 0.1) is 0 Å². The number of hydrogen-bond acceptors (Lipinski definition) is 3. The Bertz CT molecular complexity index is 620. The Morgan fingerprint density at radius 1 is 1.05 bits per heavy atom. The first-order valence-corrected chi connectivity index (χ1v) is 6.43. The van der Waals surface area contributed by atoms with Crippen molar-refractivity contribution in [2.24, 2.45) is 0 Å². The Kier molecular flexibility index (Phi) is 3.94. The van der Waals surface area contributed by atoms with Gasteiger partial charge in [0.15, 0.2) is 11.5 Å². The number of benzene rings is 2. The molecule has 0 radical (unpaired) electrons. The number of rotatable bonds is 3. The fourth-order valence-corrected chi connectivity index (χ4v) is 1.98. The summed E-state index contributed by atoms with van der Waals surface area (Å²) in [6.45, 7) is 4.39. The van der Waals surface area contributed by atoms with Crippen molar-refractivity contribution < 1.29 is 15.0 Å². The van der Waals surface area contributed by atoms with Crippen LogP contribution in [0.15, 0.2) is 42.5 Å². The Morgan fingerprint density at radius 2 is 1.70 bits per heavy atom. The normalized spacial score (nSPS) is 10.3. The molecule has 0 fully saturated rings. The van der Waals surface area contributed by atoms with Gasteiger partial charge in [-0.25, -0.2) is 0 Å².